The molecule has 2 aliphatic heterocycles. The van der Waals surface area contributed by atoms with E-state index < -0.39 is 5.54 Å². The summed E-state index contributed by atoms with van der Waals surface area (Å²) in [4.78, 5) is 17.3. The number of methoxy groups -OCH3 is 1. The zero-order chi connectivity index (χ0) is 13.5. The Labute approximate surface area is 115 Å². The SMILES string of the molecule is COC(=O)C1(N2CCNCC2)CC(C)N(C2CC2)C1. The third-order valence-corrected chi connectivity index (χ3v) is 4.95. The third-order valence-electron chi connectivity index (χ3n) is 4.95. The van der Waals surface area contributed by atoms with Crippen molar-refractivity contribution >= 4 is 5.97 Å². The number of rotatable bonds is 3. The van der Waals surface area contributed by atoms with Gasteiger partial charge in [0.1, 0.15) is 5.54 Å². The van der Waals surface area contributed by atoms with Crippen LogP contribution in [-0.4, -0.2) is 73.2 Å². The molecule has 0 aromatic carbocycles. The molecule has 1 aliphatic carbocycles. The fourth-order valence-corrected chi connectivity index (χ4v) is 3.81. The number of nitrogens with zero attached hydrogens (tertiary/aromatic N) is 2. The number of carbonyl (C=O) groups excluding carboxylic acids is 1. The van der Waals surface area contributed by atoms with Crippen LogP contribution >= 0.6 is 0 Å². The molecule has 19 heavy (non-hydrogen) atoms. The second-order valence-electron chi connectivity index (χ2n) is 6.22. The Hall–Kier alpha value is -0.650. The van der Waals surface area contributed by atoms with Gasteiger partial charge in [-0.25, -0.2) is 4.79 Å². The Morgan fingerprint density at radius 1 is 1.32 bits per heavy atom. The van der Waals surface area contributed by atoms with E-state index in [1.807, 2.05) is 0 Å². The van der Waals surface area contributed by atoms with E-state index >= 15 is 0 Å². The third kappa shape index (κ3) is 2.28. The van der Waals surface area contributed by atoms with Gasteiger partial charge < -0.3 is 10.1 Å². The van der Waals surface area contributed by atoms with E-state index in [-0.39, 0.29) is 5.97 Å². The van der Waals surface area contributed by atoms with E-state index in [0.29, 0.717) is 12.1 Å². The molecule has 0 spiro atoms. The maximum absolute atomic E-state index is 12.5. The second-order valence-corrected chi connectivity index (χ2v) is 6.22. The zero-order valence-electron chi connectivity index (χ0n) is 12.0. The molecule has 3 rings (SSSR count). The van der Waals surface area contributed by atoms with Crippen LogP contribution in [-0.2, 0) is 9.53 Å². The largest absolute Gasteiger partial charge is 0.468 e. The molecule has 1 N–H and O–H groups in total. The minimum absolute atomic E-state index is 0.0376. The summed E-state index contributed by atoms with van der Waals surface area (Å²) < 4.78 is 5.16. The molecule has 1 saturated carbocycles. The van der Waals surface area contributed by atoms with Gasteiger partial charge in [0.05, 0.1) is 7.11 Å². The van der Waals surface area contributed by atoms with Crippen molar-refractivity contribution in [2.24, 2.45) is 0 Å². The molecule has 5 heteroatoms. The van der Waals surface area contributed by atoms with Crippen LogP contribution in [0, 0.1) is 0 Å². The topological polar surface area (TPSA) is 44.8 Å². The summed E-state index contributed by atoms with van der Waals surface area (Å²) in [5.41, 5.74) is -0.404. The van der Waals surface area contributed by atoms with E-state index in [1.165, 1.54) is 20.0 Å². The van der Waals surface area contributed by atoms with Crippen molar-refractivity contribution in [3.8, 4) is 0 Å². The van der Waals surface area contributed by atoms with Gasteiger partial charge in [-0.15, -0.1) is 0 Å². The standard InChI is InChI=1S/C14H25N3O2/c1-11-9-14(13(18)19-2,10-17(11)12-3-4-12)16-7-5-15-6-8-16/h11-12,15H,3-10H2,1-2H3. The quantitative estimate of drug-likeness (QED) is 0.733. The lowest BCUT2D eigenvalue weighted by atomic mass is 9.93. The number of nitrogens with one attached hydrogen (secondary N) is 1. The lowest BCUT2D eigenvalue weighted by Crippen LogP contribution is -2.61. The van der Waals surface area contributed by atoms with Crippen LogP contribution in [0.1, 0.15) is 26.2 Å². The van der Waals surface area contributed by atoms with E-state index in [4.69, 9.17) is 4.74 Å². The lowest BCUT2D eigenvalue weighted by molar-refractivity contribution is -0.155. The number of piperazine rings is 1. The zero-order valence-corrected chi connectivity index (χ0v) is 12.0. The van der Waals surface area contributed by atoms with Gasteiger partial charge in [0.15, 0.2) is 0 Å². The first-order chi connectivity index (χ1) is 9.17. The van der Waals surface area contributed by atoms with Gasteiger partial charge in [-0.05, 0) is 26.2 Å². The van der Waals surface area contributed by atoms with Crippen molar-refractivity contribution in [1.29, 1.82) is 0 Å². The minimum Gasteiger partial charge on any atom is -0.468 e. The van der Waals surface area contributed by atoms with Crippen LogP contribution in [0.4, 0.5) is 0 Å². The molecule has 0 radical (unpaired) electrons. The molecule has 108 valence electrons. The van der Waals surface area contributed by atoms with Gasteiger partial charge in [-0.2, -0.15) is 0 Å². The van der Waals surface area contributed by atoms with Gasteiger partial charge in [0.25, 0.3) is 0 Å². The fraction of sp³-hybridized carbons (Fsp3) is 0.929. The molecule has 2 unspecified atom stereocenters. The van der Waals surface area contributed by atoms with Crippen molar-refractivity contribution in [2.45, 2.75) is 43.8 Å². The molecule has 3 aliphatic rings. The summed E-state index contributed by atoms with van der Waals surface area (Å²) in [7, 11) is 1.52. The number of hydrogen-bond donors (Lipinski definition) is 1. The number of ether oxygens (including phenoxy) is 1. The van der Waals surface area contributed by atoms with Crippen molar-refractivity contribution < 1.29 is 9.53 Å². The summed E-state index contributed by atoms with van der Waals surface area (Å²) in [6, 6.07) is 1.20. The Balaban J connectivity index is 1.82. The molecule has 0 aromatic heterocycles. The summed E-state index contributed by atoms with van der Waals surface area (Å²) in [6.07, 6.45) is 3.50. The van der Waals surface area contributed by atoms with Gasteiger partial charge in [0.2, 0.25) is 0 Å². The Morgan fingerprint density at radius 3 is 2.58 bits per heavy atom. The monoisotopic (exact) mass is 267 g/mol. The molecule has 0 amide bonds. The first-order valence-electron chi connectivity index (χ1n) is 7.47. The second kappa shape index (κ2) is 5.04. The molecule has 0 bridgehead atoms. The van der Waals surface area contributed by atoms with E-state index in [2.05, 4.69) is 22.0 Å². The highest BCUT2D eigenvalue weighted by Crippen LogP contribution is 2.40. The van der Waals surface area contributed by atoms with Gasteiger partial charge in [-0.3, -0.25) is 9.80 Å². The van der Waals surface area contributed by atoms with Crippen LogP contribution in [0.2, 0.25) is 0 Å². The fourth-order valence-electron chi connectivity index (χ4n) is 3.81. The molecule has 2 saturated heterocycles. The highest BCUT2D eigenvalue weighted by molar-refractivity contribution is 5.82. The van der Waals surface area contributed by atoms with E-state index in [0.717, 1.165) is 39.1 Å². The average Bonchev–Trinajstić information content (AvgIpc) is 3.22. The number of carbonyl (C=O) groups is 1. The molecule has 3 fully saturated rings. The molecule has 5 nitrogen and oxygen atoms in total. The normalized spacial score (nSPS) is 37.5. The van der Waals surface area contributed by atoms with Crippen molar-refractivity contribution in [1.82, 2.24) is 15.1 Å². The average molecular weight is 267 g/mol. The van der Waals surface area contributed by atoms with Crippen LogP contribution in [0.5, 0.6) is 0 Å². The predicted molar refractivity (Wildman–Crippen MR) is 73.0 cm³/mol. The van der Waals surface area contributed by atoms with Crippen LogP contribution < -0.4 is 5.32 Å². The van der Waals surface area contributed by atoms with Gasteiger partial charge in [0, 0.05) is 44.8 Å². The maximum Gasteiger partial charge on any atom is 0.327 e. The number of esters is 1. The first kappa shape index (κ1) is 13.3. The van der Waals surface area contributed by atoms with Crippen LogP contribution in [0.25, 0.3) is 0 Å². The van der Waals surface area contributed by atoms with Crippen molar-refractivity contribution in [3.05, 3.63) is 0 Å². The smallest absolute Gasteiger partial charge is 0.327 e. The van der Waals surface area contributed by atoms with Crippen LogP contribution in [0.3, 0.4) is 0 Å². The minimum atomic E-state index is -0.404. The molecular weight excluding hydrogens is 242 g/mol. The summed E-state index contributed by atoms with van der Waals surface area (Å²) in [5, 5.41) is 3.36. The Kier molecular flexibility index (Phi) is 3.53. The number of hydrogen-bond acceptors (Lipinski definition) is 5. The Bertz CT molecular complexity index is 353. The highest BCUT2D eigenvalue weighted by atomic mass is 16.5. The van der Waals surface area contributed by atoms with Crippen molar-refractivity contribution in [3.63, 3.8) is 0 Å². The first-order valence-corrected chi connectivity index (χ1v) is 7.47. The molecule has 0 aromatic rings. The Morgan fingerprint density at radius 2 is 2.00 bits per heavy atom. The van der Waals surface area contributed by atoms with Gasteiger partial charge in [-0.1, -0.05) is 0 Å². The van der Waals surface area contributed by atoms with Gasteiger partial charge >= 0.3 is 5.97 Å². The summed E-state index contributed by atoms with van der Waals surface area (Å²) >= 11 is 0. The predicted octanol–water partition coefficient (Wildman–Crippen LogP) is 0.0600. The van der Waals surface area contributed by atoms with E-state index in [1.54, 1.807) is 0 Å². The number of likely N-dealkylation sites (tertiary alicyclic amines) is 1. The molecular formula is C14H25N3O2. The van der Waals surface area contributed by atoms with Crippen molar-refractivity contribution in [2.75, 3.05) is 39.8 Å². The highest BCUT2D eigenvalue weighted by Gasteiger charge is 2.55. The lowest BCUT2D eigenvalue weighted by Gasteiger charge is -2.41. The summed E-state index contributed by atoms with van der Waals surface area (Å²) in [5.74, 6) is -0.0376. The molecule has 2 atom stereocenters. The summed E-state index contributed by atoms with van der Waals surface area (Å²) in [6.45, 7) is 6.93. The maximum atomic E-state index is 12.5. The van der Waals surface area contributed by atoms with Crippen LogP contribution in [0.15, 0.2) is 0 Å². The molecule has 2 heterocycles. The van der Waals surface area contributed by atoms with E-state index in [9.17, 15) is 4.79 Å².